The summed E-state index contributed by atoms with van der Waals surface area (Å²) in [6.45, 7) is 7.76. The summed E-state index contributed by atoms with van der Waals surface area (Å²) in [6.07, 6.45) is -0.456. The number of aliphatic hydroxyl groups excluding tert-OH is 1. The summed E-state index contributed by atoms with van der Waals surface area (Å²) in [5.74, 6) is 0. The molecule has 0 aromatic heterocycles. The standard InChI is InChI=1S/C18H23NO/c1-13-9-15(3)17(10-14(13)2)11-19-12-18(20)16-7-5-4-6-8-16/h4-10,18-20H,11-12H2,1-3H3. The van der Waals surface area contributed by atoms with Crippen LogP contribution in [0.4, 0.5) is 0 Å². The molecule has 2 aromatic carbocycles. The smallest absolute Gasteiger partial charge is 0.0914 e. The van der Waals surface area contributed by atoms with Crippen molar-refractivity contribution in [2.45, 2.75) is 33.4 Å². The average molecular weight is 269 g/mol. The predicted octanol–water partition coefficient (Wildman–Crippen LogP) is 3.44. The van der Waals surface area contributed by atoms with E-state index in [0.717, 1.165) is 12.1 Å². The first kappa shape index (κ1) is 14.8. The van der Waals surface area contributed by atoms with E-state index in [1.54, 1.807) is 0 Å². The van der Waals surface area contributed by atoms with Gasteiger partial charge in [-0.15, -0.1) is 0 Å². The molecule has 0 saturated heterocycles. The van der Waals surface area contributed by atoms with Crippen LogP contribution in [0.5, 0.6) is 0 Å². The summed E-state index contributed by atoms with van der Waals surface area (Å²) in [5, 5.41) is 13.4. The van der Waals surface area contributed by atoms with E-state index in [-0.39, 0.29) is 0 Å². The fourth-order valence-corrected chi connectivity index (χ4v) is 2.35. The van der Waals surface area contributed by atoms with Gasteiger partial charge in [0.05, 0.1) is 6.10 Å². The molecule has 0 bridgehead atoms. The minimum Gasteiger partial charge on any atom is -0.387 e. The number of benzene rings is 2. The van der Waals surface area contributed by atoms with Crippen LogP contribution in [0.3, 0.4) is 0 Å². The van der Waals surface area contributed by atoms with Crippen molar-refractivity contribution < 1.29 is 5.11 Å². The highest BCUT2D eigenvalue weighted by Gasteiger charge is 2.07. The van der Waals surface area contributed by atoms with Crippen LogP contribution < -0.4 is 5.32 Å². The third kappa shape index (κ3) is 3.69. The molecule has 1 atom stereocenters. The van der Waals surface area contributed by atoms with Gasteiger partial charge in [-0.1, -0.05) is 42.5 Å². The highest BCUT2D eigenvalue weighted by molar-refractivity contribution is 5.36. The van der Waals surface area contributed by atoms with Gasteiger partial charge in [0.25, 0.3) is 0 Å². The molecule has 1 unspecified atom stereocenters. The Hall–Kier alpha value is -1.64. The van der Waals surface area contributed by atoms with E-state index in [1.165, 1.54) is 22.3 Å². The lowest BCUT2D eigenvalue weighted by atomic mass is 10.0. The molecule has 20 heavy (non-hydrogen) atoms. The SMILES string of the molecule is Cc1cc(C)c(CNCC(O)c2ccccc2)cc1C. The predicted molar refractivity (Wildman–Crippen MR) is 83.8 cm³/mol. The summed E-state index contributed by atoms with van der Waals surface area (Å²) in [7, 11) is 0. The topological polar surface area (TPSA) is 32.3 Å². The van der Waals surface area contributed by atoms with Gasteiger partial charge in [-0.05, 0) is 48.6 Å². The van der Waals surface area contributed by atoms with Crippen molar-refractivity contribution in [1.29, 1.82) is 0 Å². The Morgan fingerprint density at radius 3 is 2.30 bits per heavy atom. The molecule has 2 rings (SSSR count). The van der Waals surface area contributed by atoms with E-state index in [9.17, 15) is 5.11 Å². The lowest BCUT2D eigenvalue weighted by Gasteiger charge is -2.14. The molecule has 0 aliphatic heterocycles. The maximum absolute atomic E-state index is 10.1. The molecule has 106 valence electrons. The van der Waals surface area contributed by atoms with Crippen LogP contribution in [0.1, 0.15) is 33.9 Å². The summed E-state index contributed by atoms with van der Waals surface area (Å²) in [5.41, 5.74) is 6.20. The molecule has 2 nitrogen and oxygen atoms in total. The van der Waals surface area contributed by atoms with E-state index in [1.807, 2.05) is 30.3 Å². The summed E-state index contributed by atoms with van der Waals surface area (Å²) < 4.78 is 0. The first-order chi connectivity index (χ1) is 9.58. The summed E-state index contributed by atoms with van der Waals surface area (Å²) in [6, 6.07) is 14.2. The number of aryl methyl sites for hydroxylation is 3. The maximum atomic E-state index is 10.1. The number of nitrogens with one attached hydrogen (secondary N) is 1. The third-order valence-corrected chi connectivity index (χ3v) is 3.79. The first-order valence-corrected chi connectivity index (χ1v) is 7.08. The van der Waals surface area contributed by atoms with Gasteiger partial charge in [-0.2, -0.15) is 0 Å². The normalized spacial score (nSPS) is 12.4. The van der Waals surface area contributed by atoms with E-state index >= 15 is 0 Å². The summed E-state index contributed by atoms with van der Waals surface area (Å²) in [4.78, 5) is 0. The second kappa shape index (κ2) is 6.69. The molecule has 0 aliphatic carbocycles. The molecular weight excluding hydrogens is 246 g/mol. The van der Waals surface area contributed by atoms with Crippen LogP contribution in [0, 0.1) is 20.8 Å². The van der Waals surface area contributed by atoms with Gasteiger partial charge in [-0.3, -0.25) is 0 Å². The molecule has 0 aliphatic rings. The monoisotopic (exact) mass is 269 g/mol. The second-order valence-electron chi connectivity index (χ2n) is 5.42. The number of hydrogen-bond acceptors (Lipinski definition) is 2. The molecule has 0 heterocycles. The number of aliphatic hydroxyl groups is 1. The van der Waals surface area contributed by atoms with Crippen molar-refractivity contribution in [2.24, 2.45) is 0 Å². The Balaban J connectivity index is 1.92. The lowest BCUT2D eigenvalue weighted by Crippen LogP contribution is -2.21. The molecule has 2 N–H and O–H groups in total. The fourth-order valence-electron chi connectivity index (χ4n) is 2.35. The lowest BCUT2D eigenvalue weighted by molar-refractivity contribution is 0.174. The van der Waals surface area contributed by atoms with Crippen LogP contribution in [0.2, 0.25) is 0 Å². The van der Waals surface area contributed by atoms with E-state index < -0.39 is 6.10 Å². The minimum absolute atomic E-state index is 0.456. The van der Waals surface area contributed by atoms with E-state index in [4.69, 9.17) is 0 Å². The van der Waals surface area contributed by atoms with Crippen LogP contribution in [-0.2, 0) is 6.54 Å². The van der Waals surface area contributed by atoms with Crippen LogP contribution in [0.15, 0.2) is 42.5 Å². The van der Waals surface area contributed by atoms with Crippen molar-refractivity contribution in [3.8, 4) is 0 Å². The molecule has 0 saturated carbocycles. The Kier molecular flexibility index (Phi) is 4.94. The highest BCUT2D eigenvalue weighted by atomic mass is 16.3. The zero-order valence-electron chi connectivity index (χ0n) is 12.5. The molecule has 0 amide bonds. The number of hydrogen-bond donors (Lipinski definition) is 2. The molecular formula is C18H23NO. The van der Waals surface area contributed by atoms with Gasteiger partial charge in [0.15, 0.2) is 0 Å². The quantitative estimate of drug-likeness (QED) is 0.871. The molecule has 2 aromatic rings. The van der Waals surface area contributed by atoms with Gasteiger partial charge in [0.2, 0.25) is 0 Å². The number of rotatable bonds is 5. The van der Waals surface area contributed by atoms with Crippen molar-refractivity contribution in [3.05, 3.63) is 70.3 Å². The fraction of sp³-hybridized carbons (Fsp3) is 0.333. The van der Waals surface area contributed by atoms with E-state index in [2.05, 4.69) is 38.2 Å². The van der Waals surface area contributed by atoms with E-state index in [0.29, 0.717) is 6.54 Å². The van der Waals surface area contributed by atoms with Crippen molar-refractivity contribution in [1.82, 2.24) is 5.32 Å². The Morgan fingerprint density at radius 1 is 0.950 bits per heavy atom. The van der Waals surface area contributed by atoms with Crippen LogP contribution >= 0.6 is 0 Å². The molecule has 0 fully saturated rings. The van der Waals surface area contributed by atoms with Gasteiger partial charge in [0.1, 0.15) is 0 Å². The average Bonchev–Trinajstić information content (AvgIpc) is 2.45. The molecule has 2 heteroatoms. The van der Waals surface area contributed by atoms with Crippen LogP contribution in [0.25, 0.3) is 0 Å². The van der Waals surface area contributed by atoms with Crippen molar-refractivity contribution in [3.63, 3.8) is 0 Å². The zero-order chi connectivity index (χ0) is 14.5. The summed E-state index contributed by atoms with van der Waals surface area (Å²) >= 11 is 0. The van der Waals surface area contributed by atoms with Crippen molar-refractivity contribution >= 4 is 0 Å². The minimum atomic E-state index is -0.456. The molecule has 0 spiro atoms. The largest absolute Gasteiger partial charge is 0.387 e. The highest BCUT2D eigenvalue weighted by Crippen LogP contribution is 2.16. The van der Waals surface area contributed by atoms with Gasteiger partial charge >= 0.3 is 0 Å². The maximum Gasteiger partial charge on any atom is 0.0914 e. The Bertz CT molecular complexity index is 563. The second-order valence-corrected chi connectivity index (χ2v) is 5.42. The van der Waals surface area contributed by atoms with Gasteiger partial charge in [-0.25, -0.2) is 0 Å². The first-order valence-electron chi connectivity index (χ1n) is 7.08. The third-order valence-electron chi connectivity index (χ3n) is 3.79. The van der Waals surface area contributed by atoms with Gasteiger partial charge in [0, 0.05) is 13.1 Å². The zero-order valence-corrected chi connectivity index (χ0v) is 12.5. The molecule has 0 radical (unpaired) electrons. The van der Waals surface area contributed by atoms with Gasteiger partial charge < -0.3 is 10.4 Å². The Morgan fingerprint density at radius 2 is 1.60 bits per heavy atom. The van der Waals surface area contributed by atoms with Crippen LogP contribution in [-0.4, -0.2) is 11.7 Å². The van der Waals surface area contributed by atoms with Crippen molar-refractivity contribution in [2.75, 3.05) is 6.54 Å². The Labute approximate surface area is 121 Å².